The van der Waals surface area contributed by atoms with Crippen molar-refractivity contribution < 1.29 is 19.5 Å². The van der Waals surface area contributed by atoms with E-state index in [-0.39, 0.29) is 12.1 Å². The molecule has 1 atom stereocenters. The number of amides is 3. The second-order valence-electron chi connectivity index (χ2n) is 7.02. The molecule has 0 aliphatic carbocycles. The lowest BCUT2D eigenvalue weighted by Gasteiger charge is -2.31. The van der Waals surface area contributed by atoms with Crippen molar-refractivity contribution in [2.45, 2.75) is 13.0 Å². The number of hydrogen-bond acceptors (Lipinski definition) is 3. The molecule has 3 amide bonds. The average molecular weight is 440 g/mol. The normalized spacial score (nSPS) is 16.1. The van der Waals surface area contributed by atoms with E-state index in [4.69, 9.17) is 11.6 Å². The fraction of sp³-hybridized carbons (Fsp3) is 0.174. The molecule has 0 spiro atoms. The highest BCUT2D eigenvalue weighted by Crippen LogP contribution is 2.29. The summed E-state index contributed by atoms with van der Waals surface area (Å²) in [5.41, 5.74) is 2.18. The molecular weight excluding hydrogens is 418 g/mol. The van der Waals surface area contributed by atoms with Crippen LogP contribution in [-0.4, -0.2) is 41.0 Å². The van der Waals surface area contributed by atoms with Crippen LogP contribution in [0.3, 0.4) is 0 Å². The maximum Gasteiger partial charge on any atom is 0.323 e. The van der Waals surface area contributed by atoms with Crippen molar-refractivity contribution in [1.82, 2.24) is 15.5 Å². The van der Waals surface area contributed by atoms with E-state index in [1.165, 1.54) is 4.90 Å². The fourth-order valence-corrected chi connectivity index (χ4v) is 3.55. The Kier molecular flexibility index (Phi) is 7.10. The van der Waals surface area contributed by atoms with Gasteiger partial charge in [0.15, 0.2) is 0 Å². The lowest BCUT2D eigenvalue weighted by molar-refractivity contribution is -0.142. The SMILES string of the molecule is CC1=C(C(=O)N(C/C=C/c2ccccc2)CC(=O)O)C(c2cccc(Cl)c2)NC(=O)N1. The van der Waals surface area contributed by atoms with Crippen molar-refractivity contribution in [2.75, 3.05) is 13.1 Å². The molecule has 3 N–H and O–H groups in total. The highest BCUT2D eigenvalue weighted by Gasteiger charge is 2.34. The molecule has 0 radical (unpaired) electrons. The summed E-state index contributed by atoms with van der Waals surface area (Å²) in [6, 6.07) is 15.1. The Morgan fingerprint density at radius 2 is 1.90 bits per heavy atom. The average Bonchev–Trinajstić information content (AvgIpc) is 2.72. The maximum absolute atomic E-state index is 13.4. The van der Waals surface area contributed by atoms with Gasteiger partial charge in [-0.3, -0.25) is 9.59 Å². The summed E-state index contributed by atoms with van der Waals surface area (Å²) in [5.74, 6) is -1.62. The summed E-state index contributed by atoms with van der Waals surface area (Å²) in [6.45, 7) is 1.22. The van der Waals surface area contributed by atoms with E-state index in [2.05, 4.69) is 10.6 Å². The molecule has 0 aromatic heterocycles. The first-order chi connectivity index (χ1) is 14.8. The van der Waals surface area contributed by atoms with Crippen LogP contribution in [0, 0.1) is 0 Å². The monoisotopic (exact) mass is 439 g/mol. The largest absolute Gasteiger partial charge is 0.480 e. The minimum absolute atomic E-state index is 0.0903. The Bertz CT molecular complexity index is 1050. The number of halogens is 1. The summed E-state index contributed by atoms with van der Waals surface area (Å²) in [7, 11) is 0. The topological polar surface area (TPSA) is 98.7 Å². The lowest BCUT2D eigenvalue weighted by atomic mass is 9.94. The minimum Gasteiger partial charge on any atom is -0.480 e. The van der Waals surface area contributed by atoms with Gasteiger partial charge in [0.25, 0.3) is 5.91 Å². The number of aliphatic carboxylic acids is 1. The van der Waals surface area contributed by atoms with Crippen LogP contribution in [0.4, 0.5) is 4.79 Å². The first kappa shape index (κ1) is 22.1. The van der Waals surface area contributed by atoms with Crippen molar-refractivity contribution in [3.63, 3.8) is 0 Å². The van der Waals surface area contributed by atoms with E-state index in [1.54, 1.807) is 37.3 Å². The molecule has 160 valence electrons. The first-order valence-electron chi connectivity index (χ1n) is 9.61. The van der Waals surface area contributed by atoms with E-state index < -0.39 is 30.5 Å². The highest BCUT2D eigenvalue weighted by atomic mass is 35.5. The molecule has 1 unspecified atom stereocenters. The molecule has 0 saturated carbocycles. The van der Waals surface area contributed by atoms with Crippen molar-refractivity contribution in [3.8, 4) is 0 Å². The number of benzene rings is 2. The van der Waals surface area contributed by atoms with E-state index in [0.29, 0.717) is 16.3 Å². The molecule has 1 aliphatic heterocycles. The van der Waals surface area contributed by atoms with Crippen LogP contribution < -0.4 is 10.6 Å². The van der Waals surface area contributed by atoms with Gasteiger partial charge in [0.1, 0.15) is 6.54 Å². The molecule has 0 saturated heterocycles. The summed E-state index contributed by atoms with van der Waals surface area (Å²) < 4.78 is 0. The van der Waals surface area contributed by atoms with Crippen molar-refractivity contribution in [3.05, 3.63) is 88.1 Å². The Hall–Kier alpha value is -3.58. The molecule has 2 aromatic carbocycles. The number of carbonyl (C=O) groups is 3. The standard InChI is InChI=1S/C23H22ClN3O4/c1-15-20(21(26-23(31)25-15)17-10-5-11-18(24)13-17)22(30)27(14-19(28)29)12-6-9-16-7-3-2-4-8-16/h2-11,13,21H,12,14H2,1H3,(H,28,29)(H2,25,26,31)/b9-6+. The Morgan fingerprint density at radius 3 is 2.58 bits per heavy atom. The molecule has 3 rings (SSSR count). The smallest absolute Gasteiger partial charge is 0.323 e. The zero-order valence-corrected chi connectivity index (χ0v) is 17.6. The predicted molar refractivity (Wildman–Crippen MR) is 118 cm³/mol. The number of nitrogens with one attached hydrogen (secondary N) is 2. The van der Waals surface area contributed by atoms with Gasteiger partial charge < -0.3 is 20.6 Å². The van der Waals surface area contributed by atoms with E-state index >= 15 is 0 Å². The summed E-state index contributed by atoms with van der Waals surface area (Å²) in [5, 5.41) is 15.1. The molecule has 1 aliphatic rings. The number of allylic oxidation sites excluding steroid dienone is 1. The summed E-state index contributed by atoms with van der Waals surface area (Å²) >= 11 is 6.10. The Labute approximate surface area is 185 Å². The third kappa shape index (κ3) is 5.73. The van der Waals surface area contributed by atoms with Crippen LogP contribution in [0.25, 0.3) is 6.08 Å². The lowest BCUT2D eigenvalue weighted by Crippen LogP contribution is -2.48. The molecule has 7 nitrogen and oxygen atoms in total. The van der Waals surface area contributed by atoms with Crippen molar-refractivity contribution in [1.29, 1.82) is 0 Å². The first-order valence-corrected chi connectivity index (χ1v) is 9.99. The number of carboxylic acid groups (broad SMARTS) is 1. The van der Waals surface area contributed by atoms with Crippen LogP contribution >= 0.6 is 11.6 Å². The number of rotatable bonds is 7. The zero-order chi connectivity index (χ0) is 22.4. The van der Waals surface area contributed by atoms with Gasteiger partial charge in [-0.25, -0.2) is 4.79 Å². The number of hydrogen-bond donors (Lipinski definition) is 3. The van der Waals surface area contributed by atoms with Crippen LogP contribution in [-0.2, 0) is 9.59 Å². The number of urea groups is 1. The van der Waals surface area contributed by atoms with Crippen LogP contribution in [0.15, 0.2) is 71.9 Å². The molecule has 1 heterocycles. The molecule has 0 fully saturated rings. The molecule has 8 heteroatoms. The number of carboxylic acids is 1. The summed E-state index contributed by atoms with van der Waals surface area (Å²) in [4.78, 5) is 38.1. The van der Waals surface area contributed by atoms with Crippen molar-refractivity contribution in [2.24, 2.45) is 0 Å². The molecule has 0 bridgehead atoms. The van der Waals surface area contributed by atoms with Crippen molar-refractivity contribution >= 4 is 35.6 Å². The quantitative estimate of drug-likeness (QED) is 0.613. The molecule has 2 aromatic rings. The van der Waals surface area contributed by atoms with Crippen LogP contribution in [0.1, 0.15) is 24.1 Å². The van der Waals surface area contributed by atoms with Gasteiger partial charge >= 0.3 is 12.0 Å². The third-order valence-electron chi connectivity index (χ3n) is 4.73. The van der Waals surface area contributed by atoms with E-state index in [0.717, 1.165) is 5.56 Å². The summed E-state index contributed by atoms with van der Waals surface area (Å²) in [6.07, 6.45) is 3.55. The maximum atomic E-state index is 13.4. The van der Waals surface area contributed by atoms with Crippen LogP contribution in [0.2, 0.25) is 5.02 Å². The van der Waals surface area contributed by atoms with Crippen LogP contribution in [0.5, 0.6) is 0 Å². The van der Waals surface area contributed by atoms with E-state index in [9.17, 15) is 19.5 Å². The molecular formula is C23H22ClN3O4. The van der Waals surface area contributed by atoms with Gasteiger partial charge in [-0.2, -0.15) is 0 Å². The minimum atomic E-state index is -1.13. The second-order valence-corrected chi connectivity index (χ2v) is 7.45. The highest BCUT2D eigenvalue weighted by molar-refractivity contribution is 6.30. The number of carbonyl (C=O) groups excluding carboxylic acids is 2. The second kappa shape index (κ2) is 9.95. The van der Waals surface area contributed by atoms with Gasteiger partial charge in [-0.1, -0.05) is 66.2 Å². The predicted octanol–water partition coefficient (Wildman–Crippen LogP) is 3.59. The fourth-order valence-electron chi connectivity index (χ4n) is 3.35. The van der Waals surface area contributed by atoms with Gasteiger partial charge in [-0.15, -0.1) is 0 Å². The third-order valence-corrected chi connectivity index (χ3v) is 4.97. The van der Waals surface area contributed by atoms with Gasteiger partial charge in [0.05, 0.1) is 11.6 Å². The van der Waals surface area contributed by atoms with Gasteiger partial charge in [0, 0.05) is 17.3 Å². The Morgan fingerprint density at radius 1 is 1.16 bits per heavy atom. The number of nitrogens with zero attached hydrogens (tertiary/aromatic N) is 1. The van der Waals surface area contributed by atoms with Gasteiger partial charge in [-0.05, 0) is 30.2 Å². The van der Waals surface area contributed by atoms with Gasteiger partial charge in [0.2, 0.25) is 0 Å². The van der Waals surface area contributed by atoms with E-state index in [1.807, 2.05) is 36.4 Å². The molecule has 31 heavy (non-hydrogen) atoms. The Balaban J connectivity index is 1.91. The zero-order valence-electron chi connectivity index (χ0n) is 16.8.